The summed E-state index contributed by atoms with van der Waals surface area (Å²) < 4.78 is 1.98. The molecule has 162 valence electrons. The smallest absolute Gasteiger partial charge is 0.242 e. The van der Waals surface area contributed by atoms with Crippen LogP contribution >= 0.6 is 22.9 Å². The number of carbonyl (C=O) groups excluding carboxylic acids is 1. The molecule has 0 saturated carbocycles. The molecular formula is C24H22ClN5OS. The molecule has 1 aliphatic heterocycles. The van der Waals surface area contributed by atoms with Gasteiger partial charge in [0.25, 0.3) is 0 Å². The molecule has 0 N–H and O–H groups in total. The van der Waals surface area contributed by atoms with Crippen molar-refractivity contribution in [1.29, 1.82) is 0 Å². The molecule has 1 aromatic carbocycles. The van der Waals surface area contributed by atoms with Gasteiger partial charge in [-0.05, 0) is 36.4 Å². The Morgan fingerprint density at radius 3 is 2.56 bits per heavy atom. The third kappa shape index (κ3) is 4.40. The van der Waals surface area contributed by atoms with E-state index in [0.29, 0.717) is 24.7 Å². The predicted octanol–water partition coefficient (Wildman–Crippen LogP) is 4.68. The summed E-state index contributed by atoms with van der Waals surface area (Å²) in [5, 5.41) is 3.64. The lowest BCUT2D eigenvalue weighted by molar-refractivity contribution is -0.132. The summed E-state index contributed by atoms with van der Waals surface area (Å²) in [6, 6.07) is 17.6. The van der Waals surface area contributed by atoms with E-state index in [2.05, 4.69) is 9.88 Å². The van der Waals surface area contributed by atoms with Gasteiger partial charge in [0.1, 0.15) is 17.4 Å². The van der Waals surface area contributed by atoms with Crippen LogP contribution in [-0.4, -0.2) is 51.5 Å². The van der Waals surface area contributed by atoms with Gasteiger partial charge in [-0.25, -0.2) is 9.97 Å². The normalized spacial score (nSPS) is 14.0. The maximum atomic E-state index is 13.0. The summed E-state index contributed by atoms with van der Waals surface area (Å²) in [4.78, 5) is 26.4. The van der Waals surface area contributed by atoms with Crippen molar-refractivity contribution in [3.05, 3.63) is 77.4 Å². The number of aromatic nitrogens is 3. The van der Waals surface area contributed by atoms with Crippen molar-refractivity contribution in [3.8, 4) is 22.0 Å². The van der Waals surface area contributed by atoms with Crippen LogP contribution in [0.25, 0.3) is 22.0 Å². The molecule has 0 radical (unpaired) electrons. The first kappa shape index (κ1) is 20.7. The van der Waals surface area contributed by atoms with Gasteiger partial charge in [0.15, 0.2) is 0 Å². The number of rotatable bonds is 5. The topological polar surface area (TPSA) is 54.3 Å². The number of thiazole rings is 1. The molecule has 8 heteroatoms. The summed E-state index contributed by atoms with van der Waals surface area (Å²) in [6.07, 6.45) is 3.75. The second-order valence-corrected chi connectivity index (χ2v) is 8.92. The molecule has 1 saturated heterocycles. The molecule has 1 fully saturated rings. The van der Waals surface area contributed by atoms with Gasteiger partial charge in [0.2, 0.25) is 5.91 Å². The lowest BCUT2D eigenvalue weighted by Gasteiger charge is -2.35. The number of hydrogen-bond donors (Lipinski definition) is 0. The maximum Gasteiger partial charge on any atom is 0.242 e. The van der Waals surface area contributed by atoms with Gasteiger partial charge in [-0.15, -0.1) is 11.3 Å². The first-order chi connectivity index (χ1) is 15.7. The molecule has 0 spiro atoms. The monoisotopic (exact) mass is 463 g/mol. The molecule has 0 aliphatic carbocycles. The first-order valence-corrected chi connectivity index (χ1v) is 11.7. The van der Waals surface area contributed by atoms with E-state index < -0.39 is 0 Å². The minimum atomic E-state index is 0.123. The molecule has 5 rings (SSSR count). The van der Waals surface area contributed by atoms with Crippen LogP contribution in [0.1, 0.15) is 0 Å². The third-order valence-corrected chi connectivity index (χ3v) is 6.72. The predicted molar refractivity (Wildman–Crippen MR) is 129 cm³/mol. The molecule has 4 aromatic rings. The van der Waals surface area contributed by atoms with Crippen molar-refractivity contribution in [2.75, 3.05) is 31.1 Å². The van der Waals surface area contributed by atoms with Crippen molar-refractivity contribution in [1.82, 2.24) is 19.4 Å². The SMILES string of the molecule is O=C(Cn1cccc1-c1nc(-c2ccc(Cl)cc2)cs1)N1CCN(c2ccccn2)CC1. The Hall–Kier alpha value is -3.16. The van der Waals surface area contributed by atoms with Gasteiger partial charge in [-0.3, -0.25) is 4.79 Å². The molecule has 1 aliphatic rings. The zero-order valence-corrected chi connectivity index (χ0v) is 19.0. The number of anilines is 1. The number of benzene rings is 1. The Morgan fingerprint density at radius 2 is 1.81 bits per heavy atom. The number of halogens is 1. The second-order valence-electron chi connectivity index (χ2n) is 7.62. The van der Waals surface area contributed by atoms with Crippen LogP contribution in [0.3, 0.4) is 0 Å². The average molecular weight is 464 g/mol. The third-order valence-electron chi connectivity index (χ3n) is 5.60. The van der Waals surface area contributed by atoms with E-state index in [9.17, 15) is 4.79 Å². The summed E-state index contributed by atoms with van der Waals surface area (Å²) >= 11 is 7.57. The fourth-order valence-electron chi connectivity index (χ4n) is 3.86. The number of hydrogen-bond acceptors (Lipinski definition) is 5. The fraction of sp³-hybridized carbons (Fsp3) is 0.208. The minimum Gasteiger partial charge on any atom is -0.353 e. The Balaban J connectivity index is 1.25. The van der Waals surface area contributed by atoms with Crippen LogP contribution in [0.15, 0.2) is 72.4 Å². The average Bonchev–Trinajstić information content (AvgIpc) is 3.50. The zero-order chi connectivity index (χ0) is 21.9. The first-order valence-electron chi connectivity index (χ1n) is 10.5. The minimum absolute atomic E-state index is 0.123. The van der Waals surface area contributed by atoms with Gasteiger partial charge in [0.05, 0.1) is 11.4 Å². The Labute approximate surface area is 195 Å². The maximum absolute atomic E-state index is 13.0. The van der Waals surface area contributed by atoms with E-state index in [4.69, 9.17) is 16.6 Å². The van der Waals surface area contributed by atoms with Crippen LogP contribution in [0.5, 0.6) is 0 Å². The van der Waals surface area contributed by atoms with Gasteiger partial charge < -0.3 is 14.4 Å². The fourth-order valence-corrected chi connectivity index (χ4v) is 4.86. The van der Waals surface area contributed by atoms with Gasteiger partial charge in [0, 0.05) is 54.5 Å². The van der Waals surface area contributed by atoms with Crippen molar-refractivity contribution in [2.24, 2.45) is 0 Å². The molecule has 3 aromatic heterocycles. The van der Waals surface area contributed by atoms with Crippen LogP contribution in [0.4, 0.5) is 5.82 Å². The quantitative estimate of drug-likeness (QED) is 0.431. The van der Waals surface area contributed by atoms with Gasteiger partial charge >= 0.3 is 0 Å². The molecule has 0 atom stereocenters. The van der Waals surface area contributed by atoms with Crippen LogP contribution in [0, 0.1) is 0 Å². The molecule has 6 nitrogen and oxygen atoms in total. The summed E-state index contributed by atoms with van der Waals surface area (Å²) in [5.41, 5.74) is 2.89. The number of carbonyl (C=O) groups is 1. The van der Waals surface area contributed by atoms with Crippen molar-refractivity contribution < 1.29 is 4.79 Å². The summed E-state index contributed by atoms with van der Waals surface area (Å²) in [5.74, 6) is 1.09. The Morgan fingerprint density at radius 1 is 1.00 bits per heavy atom. The van der Waals surface area contributed by atoms with Crippen LogP contribution in [-0.2, 0) is 11.3 Å². The summed E-state index contributed by atoms with van der Waals surface area (Å²) in [6.45, 7) is 3.28. The zero-order valence-electron chi connectivity index (χ0n) is 17.4. The van der Waals surface area contributed by atoms with Gasteiger partial charge in [-0.1, -0.05) is 29.8 Å². The van der Waals surface area contributed by atoms with E-state index in [-0.39, 0.29) is 5.91 Å². The Kier molecular flexibility index (Phi) is 5.92. The summed E-state index contributed by atoms with van der Waals surface area (Å²) in [7, 11) is 0. The number of amides is 1. The second kappa shape index (κ2) is 9.14. The van der Waals surface area contributed by atoms with E-state index in [1.165, 1.54) is 0 Å². The standard InChI is InChI=1S/C24H22ClN5OS/c25-19-8-6-18(7-9-19)20-17-32-24(27-20)21-4-3-11-30(21)16-23(31)29-14-12-28(13-15-29)22-5-1-2-10-26-22/h1-11,17H,12-16H2. The van der Waals surface area contributed by atoms with Crippen molar-refractivity contribution in [2.45, 2.75) is 6.54 Å². The molecule has 0 bridgehead atoms. The lowest BCUT2D eigenvalue weighted by Crippen LogP contribution is -2.49. The molecule has 32 heavy (non-hydrogen) atoms. The number of pyridine rings is 1. The Bertz CT molecular complexity index is 1200. The van der Waals surface area contributed by atoms with Crippen LogP contribution in [0.2, 0.25) is 5.02 Å². The number of nitrogens with zero attached hydrogens (tertiary/aromatic N) is 5. The molecule has 1 amide bonds. The highest BCUT2D eigenvalue weighted by atomic mass is 35.5. The van der Waals surface area contributed by atoms with E-state index >= 15 is 0 Å². The molecule has 0 unspecified atom stereocenters. The van der Waals surface area contributed by atoms with Crippen molar-refractivity contribution in [3.63, 3.8) is 0 Å². The highest BCUT2D eigenvalue weighted by molar-refractivity contribution is 7.13. The lowest BCUT2D eigenvalue weighted by atomic mass is 10.2. The van der Waals surface area contributed by atoms with Crippen LogP contribution < -0.4 is 4.90 Å². The largest absolute Gasteiger partial charge is 0.353 e. The van der Waals surface area contributed by atoms with Crippen molar-refractivity contribution >= 4 is 34.7 Å². The highest BCUT2D eigenvalue weighted by Gasteiger charge is 2.22. The number of piperazine rings is 1. The highest BCUT2D eigenvalue weighted by Crippen LogP contribution is 2.30. The molecule has 4 heterocycles. The van der Waals surface area contributed by atoms with E-state index in [1.807, 2.05) is 75.6 Å². The van der Waals surface area contributed by atoms with Gasteiger partial charge in [-0.2, -0.15) is 0 Å². The van der Waals surface area contributed by atoms with E-state index in [1.54, 1.807) is 17.5 Å². The van der Waals surface area contributed by atoms with E-state index in [0.717, 1.165) is 40.9 Å². The molecular weight excluding hydrogens is 442 g/mol.